The van der Waals surface area contributed by atoms with Gasteiger partial charge in [0.05, 0.1) is 28.3 Å². The van der Waals surface area contributed by atoms with Crippen LogP contribution in [-0.2, 0) is 0 Å². The Morgan fingerprint density at radius 1 is 1.20 bits per heavy atom. The van der Waals surface area contributed by atoms with E-state index < -0.39 is 0 Å². The summed E-state index contributed by atoms with van der Waals surface area (Å²) in [5, 5.41) is 18.0. The maximum absolute atomic E-state index is 9.99. The Bertz CT molecular complexity index is 1010. The molecule has 0 saturated heterocycles. The summed E-state index contributed by atoms with van der Waals surface area (Å²) in [4.78, 5) is 18.6. The lowest BCUT2D eigenvalue weighted by atomic mass is 10.0. The second-order valence-electron chi connectivity index (χ2n) is 8.70. The van der Waals surface area contributed by atoms with Gasteiger partial charge in [0.2, 0.25) is 5.95 Å². The highest BCUT2D eigenvalue weighted by atomic mass is 32.1. The van der Waals surface area contributed by atoms with E-state index in [2.05, 4.69) is 15.6 Å². The first-order valence-electron chi connectivity index (χ1n) is 10.8. The molecule has 2 saturated carbocycles. The quantitative estimate of drug-likeness (QED) is 0.522. The monoisotopic (exact) mass is 424 g/mol. The van der Waals surface area contributed by atoms with E-state index in [1.165, 1.54) is 12.8 Å². The standard InChI is InChI=1S/C22H28N6OS/c1-12-19(21-27-17-11-23-8-7-18(17)30-21)20(26-16-6-5-15(9-16)13(2)29)28-22(25-12)24-10-14-3-4-14/h7-8,11,13-16,29H,3-6,9-10H2,1-2H3,(H2,24,25,26,28). The minimum absolute atomic E-state index is 0.268. The molecule has 0 bridgehead atoms. The Hall–Kier alpha value is -2.32. The minimum Gasteiger partial charge on any atom is -0.393 e. The summed E-state index contributed by atoms with van der Waals surface area (Å²) in [7, 11) is 0. The Labute approximate surface area is 180 Å². The van der Waals surface area contributed by atoms with Gasteiger partial charge in [-0.25, -0.2) is 9.97 Å². The maximum Gasteiger partial charge on any atom is 0.224 e. The van der Waals surface area contributed by atoms with Crippen LogP contribution in [-0.4, -0.2) is 43.7 Å². The van der Waals surface area contributed by atoms with Gasteiger partial charge in [0.1, 0.15) is 16.3 Å². The molecule has 2 aliphatic rings. The number of thiazole rings is 1. The number of pyridine rings is 1. The van der Waals surface area contributed by atoms with E-state index in [1.807, 2.05) is 19.9 Å². The highest BCUT2D eigenvalue weighted by Gasteiger charge is 2.29. The van der Waals surface area contributed by atoms with Crippen molar-refractivity contribution in [2.24, 2.45) is 11.8 Å². The highest BCUT2D eigenvalue weighted by molar-refractivity contribution is 7.21. The van der Waals surface area contributed by atoms with Gasteiger partial charge < -0.3 is 15.7 Å². The molecule has 0 amide bonds. The van der Waals surface area contributed by atoms with E-state index in [-0.39, 0.29) is 6.10 Å². The molecule has 0 aliphatic heterocycles. The number of hydrogen-bond donors (Lipinski definition) is 3. The fourth-order valence-electron chi connectivity index (χ4n) is 4.24. The van der Waals surface area contributed by atoms with Crippen molar-refractivity contribution in [3.8, 4) is 10.6 Å². The van der Waals surface area contributed by atoms with Gasteiger partial charge in [0, 0.05) is 18.8 Å². The zero-order chi connectivity index (χ0) is 20.7. The summed E-state index contributed by atoms with van der Waals surface area (Å²) in [5.41, 5.74) is 2.78. The number of nitrogens with one attached hydrogen (secondary N) is 2. The molecule has 158 valence electrons. The van der Waals surface area contributed by atoms with E-state index in [0.717, 1.165) is 64.0 Å². The van der Waals surface area contributed by atoms with Crippen molar-refractivity contribution in [3.63, 3.8) is 0 Å². The van der Waals surface area contributed by atoms with Crippen LogP contribution in [0.5, 0.6) is 0 Å². The van der Waals surface area contributed by atoms with E-state index in [9.17, 15) is 5.11 Å². The molecule has 2 aliphatic carbocycles. The van der Waals surface area contributed by atoms with Crippen molar-refractivity contribution in [2.75, 3.05) is 17.2 Å². The van der Waals surface area contributed by atoms with Crippen LogP contribution >= 0.6 is 11.3 Å². The van der Waals surface area contributed by atoms with Crippen molar-refractivity contribution in [3.05, 3.63) is 24.2 Å². The normalized spacial score (nSPS) is 22.4. The van der Waals surface area contributed by atoms with E-state index in [1.54, 1.807) is 23.7 Å². The zero-order valence-electron chi connectivity index (χ0n) is 17.4. The predicted octanol–water partition coefficient (Wildman–Crippen LogP) is 4.24. The molecule has 3 aromatic rings. The molecule has 5 rings (SSSR count). The lowest BCUT2D eigenvalue weighted by Gasteiger charge is -2.19. The van der Waals surface area contributed by atoms with Crippen LogP contribution in [0.15, 0.2) is 18.5 Å². The molecule has 0 aromatic carbocycles. The molecule has 3 atom stereocenters. The predicted molar refractivity (Wildman–Crippen MR) is 121 cm³/mol. The molecule has 0 radical (unpaired) electrons. The van der Waals surface area contributed by atoms with Gasteiger partial charge in [0.15, 0.2) is 0 Å². The average Bonchev–Trinajstić information content (AvgIpc) is 3.26. The van der Waals surface area contributed by atoms with Crippen LogP contribution < -0.4 is 10.6 Å². The number of aryl methyl sites for hydroxylation is 1. The Morgan fingerprint density at radius 2 is 2.07 bits per heavy atom. The van der Waals surface area contributed by atoms with Crippen LogP contribution in [0.2, 0.25) is 0 Å². The van der Waals surface area contributed by atoms with Crippen LogP contribution in [0.1, 0.15) is 44.7 Å². The molecular formula is C22H28N6OS. The van der Waals surface area contributed by atoms with Gasteiger partial charge in [-0.3, -0.25) is 4.98 Å². The zero-order valence-corrected chi connectivity index (χ0v) is 18.2. The van der Waals surface area contributed by atoms with Crippen molar-refractivity contribution < 1.29 is 5.11 Å². The molecule has 3 aromatic heterocycles. The Balaban J connectivity index is 1.49. The van der Waals surface area contributed by atoms with Gasteiger partial charge in [-0.15, -0.1) is 11.3 Å². The smallest absolute Gasteiger partial charge is 0.224 e. The topological polar surface area (TPSA) is 95.9 Å². The number of aliphatic hydroxyl groups excluding tert-OH is 1. The molecule has 2 fully saturated rings. The van der Waals surface area contributed by atoms with Crippen LogP contribution in [0.4, 0.5) is 11.8 Å². The molecule has 3 unspecified atom stereocenters. The average molecular weight is 425 g/mol. The third kappa shape index (κ3) is 4.11. The molecule has 0 spiro atoms. The maximum atomic E-state index is 9.99. The van der Waals surface area contributed by atoms with Gasteiger partial charge in [0.25, 0.3) is 0 Å². The number of anilines is 2. The van der Waals surface area contributed by atoms with Crippen molar-refractivity contribution in [1.29, 1.82) is 0 Å². The largest absolute Gasteiger partial charge is 0.393 e. The number of aromatic nitrogens is 4. The lowest BCUT2D eigenvalue weighted by Crippen LogP contribution is -2.21. The fraction of sp³-hybridized carbons (Fsp3) is 0.545. The number of aliphatic hydroxyl groups is 1. The Morgan fingerprint density at radius 3 is 2.80 bits per heavy atom. The van der Waals surface area contributed by atoms with Crippen molar-refractivity contribution in [1.82, 2.24) is 19.9 Å². The lowest BCUT2D eigenvalue weighted by molar-refractivity contribution is 0.128. The van der Waals surface area contributed by atoms with E-state index in [4.69, 9.17) is 15.0 Å². The third-order valence-electron chi connectivity index (χ3n) is 6.24. The SMILES string of the molecule is Cc1nc(NCC2CC2)nc(NC2CCC(C(C)O)C2)c1-c1nc2cnccc2s1. The van der Waals surface area contributed by atoms with Crippen LogP contribution in [0, 0.1) is 18.8 Å². The number of hydrogen-bond acceptors (Lipinski definition) is 8. The summed E-state index contributed by atoms with van der Waals surface area (Å²) >= 11 is 1.64. The second-order valence-corrected chi connectivity index (χ2v) is 9.73. The molecule has 8 heteroatoms. The summed E-state index contributed by atoms with van der Waals surface area (Å²) in [5.74, 6) is 2.61. The number of fused-ring (bicyclic) bond motifs is 1. The summed E-state index contributed by atoms with van der Waals surface area (Å²) in [6.07, 6.45) is 8.93. The summed E-state index contributed by atoms with van der Waals surface area (Å²) < 4.78 is 1.11. The third-order valence-corrected chi connectivity index (χ3v) is 7.29. The van der Waals surface area contributed by atoms with Crippen LogP contribution in [0.25, 0.3) is 20.8 Å². The fourth-order valence-corrected chi connectivity index (χ4v) is 5.27. The summed E-state index contributed by atoms with van der Waals surface area (Å²) in [6.45, 7) is 4.85. The van der Waals surface area contributed by atoms with Crippen molar-refractivity contribution >= 4 is 33.3 Å². The van der Waals surface area contributed by atoms with Gasteiger partial charge in [-0.2, -0.15) is 4.98 Å². The first kappa shape index (κ1) is 19.6. The minimum atomic E-state index is -0.268. The van der Waals surface area contributed by atoms with Gasteiger partial charge >= 0.3 is 0 Å². The first-order valence-corrected chi connectivity index (χ1v) is 11.7. The Kier molecular flexibility index (Phi) is 5.28. The molecule has 3 heterocycles. The number of nitrogens with zero attached hydrogens (tertiary/aromatic N) is 4. The van der Waals surface area contributed by atoms with Crippen LogP contribution in [0.3, 0.4) is 0 Å². The molecule has 7 nitrogen and oxygen atoms in total. The number of rotatable bonds is 7. The molecule has 3 N–H and O–H groups in total. The van der Waals surface area contributed by atoms with Gasteiger partial charge in [-0.1, -0.05) is 0 Å². The van der Waals surface area contributed by atoms with Crippen molar-refractivity contribution in [2.45, 2.75) is 58.1 Å². The molecular weight excluding hydrogens is 396 g/mol. The second kappa shape index (κ2) is 8.07. The van der Waals surface area contributed by atoms with E-state index in [0.29, 0.717) is 17.9 Å². The summed E-state index contributed by atoms with van der Waals surface area (Å²) in [6, 6.07) is 2.29. The van der Waals surface area contributed by atoms with E-state index >= 15 is 0 Å². The van der Waals surface area contributed by atoms with Gasteiger partial charge in [-0.05, 0) is 63.9 Å². The molecule has 30 heavy (non-hydrogen) atoms. The highest BCUT2D eigenvalue weighted by Crippen LogP contribution is 2.38. The first-order chi connectivity index (χ1) is 14.6.